The van der Waals surface area contributed by atoms with E-state index in [0.717, 1.165) is 38.4 Å². The standard InChI is InChI=1S/C17H22N6O/c1-20-9-14(8-19-20)10-21-6-7-23-16(12-21)13-22(17(23)24)11-15-4-2-3-5-18-15/h2-5,8-9,16H,6-7,10-13H2,1H3. The molecular weight excluding hydrogens is 304 g/mol. The van der Waals surface area contributed by atoms with Crippen LogP contribution < -0.4 is 0 Å². The zero-order chi connectivity index (χ0) is 16.5. The highest BCUT2D eigenvalue weighted by molar-refractivity contribution is 5.77. The topological polar surface area (TPSA) is 57.5 Å². The minimum Gasteiger partial charge on any atom is -0.317 e. The molecule has 0 radical (unpaired) electrons. The lowest BCUT2D eigenvalue weighted by molar-refractivity contribution is 0.116. The van der Waals surface area contributed by atoms with Crippen LogP contribution in [0.5, 0.6) is 0 Å². The van der Waals surface area contributed by atoms with Gasteiger partial charge < -0.3 is 9.80 Å². The zero-order valence-corrected chi connectivity index (χ0v) is 13.9. The molecule has 1 atom stereocenters. The number of carbonyl (C=O) groups is 1. The van der Waals surface area contributed by atoms with E-state index in [0.29, 0.717) is 6.54 Å². The second-order valence-electron chi connectivity index (χ2n) is 6.59. The minimum absolute atomic E-state index is 0.145. The van der Waals surface area contributed by atoms with Crippen molar-refractivity contribution in [1.82, 2.24) is 29.5 Å². The van der Waals surface area contributed by atoms with Crippen LogP contribution in [0, 0.1) is 0 Å². The monoisotopic (exact) mass is 326 g/mol. The molecule has 1 unspecified atom stereocenters. The number of hydrogen-bond acceptors (Lipinski definition) is 4. The first-order valence-electron chi connectivity index (χ1n) is 8.34. The first-order valence-corrected chi connectivity index (χ1v) is 8.34. The van der Waals surface area contributed by atoms with Crippen LogP contribution in [0.25, 0.3) is 0 Å². The van der Waals surface area contributed by atoms with Crippen molar-refractivity contribution >= 4 is 6.03 Å². The Bertz CT molecular complexity index is 715. The molecule has 0 aliphatic carbocycles. The van der Waals surface area contributed by atoms with Gasteiger partial charge in [0, 0.05) is 57.7 Å². The normalized spacial score (nSPS) is 21.4. The molecule has 0 aromatic carbocycles. The number of aryl methyl sites for hydroxylation is 1. The maximum absolute atomic E-state index is 12.6. The van der Waals surface area contributed by atoms with Gasteiger partial charge in [0.1, 0.15) is 0 Å². The van der Waals surface area contributed by atoms with Crippen molar-refractivity contribution in [2.45, 2.75) is 19.1 Å². The van der Waals surface area contributed by atoms with Gasteiger partial charge in [0.2, 0.25) is 0 Å². The van der Waals surface area contributed by atoms with Gasteiger partial charge in [-0.05, 0) is 12.1 Å². The number of carbonyl (C=O) groups excluding carboxylic acids is 1. The number of nitrogens with zero attached hydrogens (tertiary/aromatic N) is 6. The SMILES string of the molecule is Cn1cc(CN2CCN3C(=O)N(Cc4ccccn4)CC3C2)cn1. The van der Waals surface area contributed by atoms with Crippen LogP contribution in [0.2, 0.25) is 0 Å². The summed E-state index contributed by atoms with van der Waals surface area (Å²) >= 11 is 0. The fraction of sp³-hybridized carbons (Fsp3) is 0.471. The van der Waals surface area contributed by atoms with E-state index in [9.17, 15) is 4.79 Å². The summed E-state index contributed by atoms with van der Waals surface area (Å²) in [4.78, 5) is 23.3. The van der Waals surface area contributed by atoms with E-state index in [1.54, 1.807) is 6.20 Å². The summed E-state index contributed by atoms with van der Waals surface area (Å²) in [5, 5.41) is 4.23. The molecule has 2 aliphatic heterocycles. The average molecular weight is 326 g/mol. The third-order valence-corrected chi connectivity index (χ3v) is 4.76. The predicted octanol–water partition coefficient (Wildman–Crippen LogP) is 0.937. The van der Waals surface area contributed by atoms with Gasteiger partial charge in [-0.25, -0.2) is 4.79 Å². The van der Waals surface area contributed by atoms with Crippen molar-refractivity contribution in [2.24, 2.45) is 7.05 Å². The highest BCUT2D eigenvalue weighted by Gasteiger charge is 2.40. The van der Waals surface area contributed by atoms with Gasteiger partial charge in [-0.2, -0.15) is 5.10 Å². The number of fused-ring (bicyclic) bond motifs is 1. The van der Waals surface area contributed by atoms with Crippen LogP contribution in [-0.2, 0) is 20.1 Å². The number of pyridine rings is 1. The predicted molar refractivity (Wildman–Crippen MR) is 89.0 cm³/mol. The first-order chi connectivity index (χ1) is 11.7. The molecule has 0 bridgehead atoms. The van der Waals surface area contributed by atoms with Crippen molar-refractivity contribution < 1.29 is 4.79 Å². The van der Waals surface area contributed by atoms with E-state index in [4.69, 9.17) is 0 Å². The van der Waals surface area contributed by atoms with E-state index in [1.807, 2.05) is 45.9 Å². The Balaban J connectivity index is 1.39. The van der Waals surface area contributed by atoms with Crippen molar-refractivity contribution in [2.75, 3.05) is 26.2 Å². The number of aromatic nitrogens is 3. The quantitative estimate of drug-likeness (QED) is 0.839. The van der Waals surface area contributed by atoms with Crippen molar-refractivity contribution in [3.63, 3.8) is 0 Å². The molecule has 4 heterocycles. The summed E-state index contributed by atoms with van der Waals surface area (Å²) in [6.45, 7) is 4.89. The summed E-state index contributed by atoms with van der Waals surface area (Å²) < 4.78 is 1.83. The zero-order valence-electron chi connectivity index (χ0n) is 13.9. The first kappa shape index (κ1) is 15.1. The molecular formula is C17H22N6O. The summed E-state index contributed by atoms with van der Waals surface area (Å²) in [7, 11) is 1.94. The summed E-state index contributed by atoms with van der Waals surface area (Å²) in [6.07, 6.45) is 5.75. The van der Waals surface area contributed by atoms with E-state index in [1.165, 1.54) is 5.56 Å². The fourth-order valence-electron chi connectivity index (χ4n) is 3.62. The van der Waals surface area contributed by atoms with Gasteiger partial charge in [0.05, 0.1) is 24.5 Å². The molecule has 0 spiro atoms. The molecule has 2 aromatic rings. The van der Waals surface area contributed by atoms with Crippen LogP contribution in [0.15, 0.2) is 36.8 Å². The van der Waals surface area contributed by atoms with E-state index in [-0.39, 0.29) is 12.1 Å². The molecule has 2 fully saturated rings. The van der Waals surface area contributed by atoms with Crippen molar-refractivity contribution in [3.05, 3.63) is 48.0 Å². The molecule has 2 aliphatic rings. The number of hydrogen-bond donors (Lipinski definition) is 0. The molecule has 2 amide bonds. The van der Waals surface area contributed by atoms with Crippen molar-refractivity contribution in [1.29, 1.82) is 0 Å². The van der Waals surface area contributed by atoms with Gasteiger partial charge in [-0.3, -0.25) is 14.6 Å². The van der Waals surface area contributed by atoms with Gasteiger partial charge in [-0.1, -0.05) is 6.07 Å². The number of urea groups is 1. The van der Waals surface area contributed by atoms with Gasteiger partial charge in [0.15, 0.2) is 0 Å². The largest absolute Gasteiger partial charge is 0.320 e. The third-order valence-electron chi connectivity index (χ3n) is 4.76. The summed E-state index contributed by atoms with van der Waals surface area (Å²) in [6, 6.07) is 6.25. The van der Waals surface area contributed by atoms with Crippen LogP contribution in [0.3, 0.4) is 0 Å². The van der Waals surface area contributed by atoms with E-state index < -0.39 is 0 Å². The molecule has 7 heteroatoms. The number of amides is 2. The van der Waals surface area contributed by atoms with Gasteiger partial charge >= 0.3 is 6.03 Å². The maximum Gasteiger partial charge on any atom is 0.320 e. The molecule has 0 saturated carbocycles. The lowest BCUT2D eigenvalue weighted by Gasteiger charge is -2.36. The van der Waals surface area contributed by atoms with Crippen LogP contribution in [0.1, 0.15) is 11.3 Å². The Morgan fingerprint density at radius 3 is 2.88 bits per heavy atom. The van der Waals surface area contributed by atoms with Crippen molar-refractivity contribution in [3.8, 4) is 0 Å². The molecule has 2 aromatic heterocycles. The molecule has 4 rings (SSSR count). The summed E-state index contributed by atoms with van der Waals surface area (Å²) in [5.74, 6) is 0. The smallest absolute Gasteiger partial charge is 0.317 e. The van der Waals surface area contributed by atoms with Crippen LogP contribution in [0.4, 0.5) is 4.79 Å². The second kappa shape index (κ2) is 6.24. The maximum atomic E-state index is 12.6. The highest BCUT2D eigenvalue weighted by Crippen LogP contribution is 2.23. The second-order valence-corrected chi connectivity index (χ2v) is 6.59. The van der Waals surface area contributed by atoms with E-state index >= 15 is 0 Å². The lowest BCUT2D eigenvalue weighted by Crippen LogP contribution is -2.51. The Morgan fingerprint density at radius 2 is 2.12 bits per heavy atom. The van der Waals surface area contributed by atoms with Crippen LogP contribution >= 0.6 is 0 Å². The molecule has 0 N–H and O–H groups in total. The molecule has 24 heavy (non-hydrogen) atoms. The molecule has 126 valence electrons. The highest BCUT2D eigenvalue weighted by atomic mass is 16.2. The Morgan fingerprint density at radius 1 is 1.21 bits per heavy atom. The fourth-order valence-corrected chi connectivity index (χ4v) is 3.62. The Hall–Kier alpha value is -2.41. The lowest BCUT2D eigenvalue weighted by atomic mass is 10.2. The van der Waals surface area contributed by atoms with E-state index in [2.05, 4.69) is 21.2 Å². The van der Waals surface area contributed by atoms with Gasteiger partial charge in [0.25, 0.3) is 0 Å². The molecule has 7 nitrogen and oxygen atoms in total. The number of piperazine rings is 1. The van der Waals surface area contributed by atoms with Gasteiger partial charge in [-0.15, -0.1) is 0 Å². The minimum atomic E-state index is 0.145. The number of rotatable bonds is 4. The van der Waals surface area contributed by atoms with Crippen LogP contribution in [-0.4, -0.2) is 67.7 Å². The average Bonchev–Trinajstić information content (AvgIpc) is 3.12. The third kappa shape index (κ3) is 2.99. The Kier molecular flexibility index (Phi) is 3.93. The summed E-state index contributed by atoms with van der Waals surface area (Å²) in [5.41, 5.74) is 2.17. The molecule has 2 saturated heterocycles. The Labute approximate surface area is 141 Å².